The van der Waals surface area contributed by atoms with E-state index in [2.05, 4.69) is 9.97 Å². The molecule has 0 aliphatic heterocycles. The molecule has 5 heteroatoms. The Balaban J connectivity index is 2.35. The number of hydrogen-bond donors (Lipinski definition) is 0. The van der Waals surface area contributed by atoms with E-state index in [1.165, 1.54) is 0 Å². The summed E-state index contributed by atoms with van der Waals surface area (Å²) in [5, 5.41) is 0.893. The summed E-state index contributed by atoms with van der Waals surface area (Å²) in [6, 6.07) is 7.14. The molecular formula is C14H14Cl2N2O. The average Bonchev–Trinajstić information content (AvgIpc) is 2.33. The van der Waals surface area contributed by atoms with Crippen LogP contribution in [0, 0.1) is 6.92 Å². The lowest BCUT2D eigenvalue weighted by Crippen LogP contribution is -2.00. The van der Waals surface area contributed by atoms with Crippen LogP contribution in [0.2, 0.25) is 10.2 Å². The van der Waals surface area contributed by atoms with Crippen LogP contribution in [0.1, 0.15) is 31.2 Å². The molecule has 100 valence electrons. The van der Waals surface area contributed by atoms with Crippen LogP contribution in [0.3, 0.4) is 0 Å². The van der Waals surface area contributed by atoms with Gasteiger partial charge >= 0.3 is 0 Å². The third-order valence-corrected chi connectivity index (χ3v) is 3.01. The largest absolute Gasteiger partial charge is 0.437 e. The lowest BCUT2D eigenvalue weighted by molar-refractivity contribution is 0.457. The van der Waals surface area contributed by atoms with E-state index in [0.717, 1.165) is 5.56 Å². The highest BCUT2D eigenvalue weighted by atomic mass is 35.5. The minimum Gasteiger partial charge on any atom is -0.437 e. The van der Waals surface area contributed by atoms with Gasteiger partial charge in [0.15, 0.2) is 0 Å². The Morgan fingerprint density at radius 1 is 1.11 bits per heavy atom. The summed E-state index contributed by atoms with van der Waals surface area (Å²) in [5.74, 6) is 1.78. The Bertz CT molecular complexity index is 600. The summed E-state index contributed by atoms with van der Waals surface area (Å²) in [7, 11) is 0. The molecule has 0 aliphatic rings. The van der Waals surface area contributed by atoms with E-state index in [1.54, 1.807) is 12.1 Å². The fourth-order valence-corrected chi connectivity index (χ4v) is 1.86. The number of aromatic nitrogens is 2. The predicted molar refractivity (Wildman–Crippen MR) is 77.4 cm³/mol. The third kappa shape index (κ3) is 3.58. The molecule has 0 saturated carbocycles. The molecule has 2 aromatic rings. The van der Waals surface area contributed by atoms with Crippen LogP contribution in [-0.2, 0) is 0 Å². The monoisotopic (exact) mass is 296 g/mol. The molecule has 0 bridgehead atoms. The maximum atomic E-state index is 6.09. The molecule has 0 saturated heterocycles. The Morgan fingerprint density at radius 2 is 1.84 bits per heavy atom. The van der Waals surface area contributed by atoms with Gasteiger partial charge < -0.3 is 4.74 Å². The second-order valence-corrected chi connectivity index (χ2v) is 5.37. The van der Waals surface area contributed by atoms with Gasteiger partial charge in [-0.25, -0.2) is 4.98 Å². The quantitative estimate of drug-likeness (QED) is 0.747. The van der Waals surface area contributed by atoms with Crippen molar-refractivity contribution in [2.45, 2.75) is 26.7 Å². The van der Waals surface area contributed by atoms with Crippen LogP contribution in [0.5, 0.6) is 11.6 Å². The molecular weight excluding hydrogens is 283 g/mol. The normalized spacial score (nSPS) is 10.8. The van der Waals surface area contributed by atoms with Crippen molar-refractivity contribution >= 4 is 23.2 Å². The van der Waals surface area contributed by atoms with E-state index in [9.17, 15) is 0 Å². The van der Waals surface area contributed by atoms with Crippen molar-refractivity contribution < 1.29 is 4.74 Å². The fourth-order valence-electron chi connectivity index (χ4n) is 1.53. The first-order valence-electron chi connectivity index (χ1n) is 5.94. The Kier molecular flexibility index (Phi) is 4.27. The SMILES string of the molecule is Cc1ccc(Cl)c(Oc2cc(Cl)nc(C(C)C)n2)c1. The summed E-state index contributed by atoms with van der Waals surface area (Å²) in [6.45, 7) is 5.96. The first kappa shape index (κ1) is 14.1. The summed E-state index contributed by atoms with van der Waals surface area (Å²) in [4.78, 5) is 8.48. The van der Waals surface area contributed by atoms with Gasteiger partial charge in [-0.3, -0.25) is 0 Å². The molecule has 1 aromatic carbocycles. The zero-order valence-corrected chi connectivity index (χ0v) is 12.5. The first-order valence-corrected chi connectivity index (χ1v) is 6.70. The van der Waals surface area contributed by atoms with Crippen LogP contribution in [0.4, 0.5) is 0 Å². The number of nitrogens with zero attached hydrogens (tertiary/aromatic N) is 2. The summed E-state index contributed by atoms with van der Waals surface area (Å²) in [5.41, 5.74) is 1.06. The van der Waals surface area contributed by atoms with Gasteiger partial charge in [-0.2, -0.15) is 4.98 Å². The molecule has 0 fully saturated rings. The van der Waals surface area contributed by atoms with Crippen LogP contribution in [0.25, 0.3) is 0 Å². The van der Waals surface area contributed by atoms with E-state index in [-0.39, 0.29) is 5.92 Å². The maximum absolute atomic E-state index is 6.09. The van der Waals surface area contributed by atoms with Crippen LogP contribution in [-0.4, -0.2) is 9.97 Å². The van der Waals surface area contributed by atoms with E-state index in [1.807, 2.05) is 32.9 Å². The van der Waals surface area contributed by atoms with Gasteiger partial charge in [-0.05, 0) is 24.6 Å². The topological polar surface area (TPSA) is 35.0 Å². The summed E-state index contributed by atoms with van der Waals surface area (Å²) < 4.78 is 5.69. The number of ether oxygens (including phenoxy) is 1. The zero-order chi connectivity index (χ0) is 14.0. The maximum Gasteiger partial charge on any atom is 0.224 e. The van der Waals surface area contributed by atoms with E-state index < -0.39 is 0 Å². The van der Waals surface area contributed by atoms with E-state index in [4.69, 9.17) is 27.9 Å². The van der Waals surface area contributed by atoms with E-state index >= 15 is 0 Å². The van der Waals surface area contributed by atoms with Gasteiger partial charge in [0.25, 0.3) is 0 Å². The van der Waals surface area contributed by atoms with Gasteiger partial charge in [-0.1, -0.05) is 43.1 Å². The highest BCUT2D eigenvalue weighted by Crippen LogP contribution is 2.30. The van der Waals surface area contributed by atoms with Crippen molar-refractivity contribution in [1.29, 1.82) is 0 Å². The van der Waals surface area contributed by atoms with Crippen molar-refractivity contribution in [3.63, 3.8) is 0 Å². The fraction of sp³-hybridized carbons (Fsp3) is 0.286. The van der Waals surface area contributed by atoms with Crippen molar-refractivity contribution in [1.82, 2.24) is 9.97 Å². The van der Waals surface area contributed by atoms with E-state index in [0.29, 0.717) is 27.6 Å². The van der Waals surface area contributed by atoms with Gasteiger partial charge in [0.2, 0.25) is 5.88 Å². The molecule has 2 rings (SSSR count). The first-order chi connectivity index (χ1) is 8.95. The van der Waals surface area contributed by atoms with Crippen LogP contribution >= 0.6 is 23.2 Å². The van der Waals surface area contributed by atoms with Gasteiger partial charge in [0, 0.05) is 12.0 Å². The molecule has 0 spiro atoms. The van der Waals surface area contributed by atoms with Gasteiger partial charge in [0.05, 0.1) is 5.02 Å². The second kappa shape index (κ2) is 5.76. The summed E-state index contributed by atoms with van der Waals surface area (Å²) >= 11 is 12.1. The molecule has 0 atom stereocenters. The van der Waals surface area contributed by atoms with Crippen molar-refractivity contribution in [2.75, 3.05) is 0 Å². The Hall–Kier alpha value is -1.32. The molecule has 0 amide bonds. The van der Waals surface area contributed by atoms with Crippen molar-refractivity contribution in [3.8, 4) is 11.6 Å². The predicted octanol–water partition coefficient (Wildman–Crippen LogP) is 5.01. The number of benzene rings is 1. The molecule has 3 nitrogen and oxygen atoms in total. The minimum absolute atomic E-state index is 0.175. The second-order valence-electron chi connectivity index (χ2n) is 4.58. The highest BCUT2D eigenvalue weighted by Gasteiger charge is 2.10. The molecule has 0 unspecified atom stereocenters. The molecule has 1 heterocycles. The van der Waals surface area contributed by atoms with Crippen molar-refractivity contribution in [2.24, 2.45) is 0 Å². The standard InChI is InChI=1S/C14H14Cl2N2O/c1-8(2)14-17-12(16)7-13(18-14)19-11-6-9(3)4-5-10(11)15/h4-8H,1-3H3. The Morgan fingerprint density at radius 3 is 2.53 bits per heavy atom. The molecule has 0 radical (unpaired) electrons. The Labute approximate surface area is 122 Å². The number of aryl methyl sites for hydroxylation is 1. The van der Waals surface area contributed by atoms with Gasteiger partial charge in [-0.15, -0.1) is 0 Å². The highest BCUT2D eigenvalue weighted by molar-refractivity contribution is 6.32. The lowest BCUT2D eigenvalue weighted by Gasteiger charge is -2.10. The molecule has 0 N–H and O–H groups in total. The van der Waals surface area contributed by atoms with Gasteiger partial charge in [0.1, 0.15) is 16.7 Å². The molecule has 1 aromatic heterocycles. The smallest absolute Gasteiger partial charge is 0.224 e. The third-order valence-electron chi connectivity index (χ3n) is 2.51. The number of halogens is 2. The zero-order valence-electron chi connectivity index (χ0n) is 10.9. The number of hydrogen-bond acceptors (Lipinski definition) is 3. The minimum atomic E-state index is 0.175. The van der Waals surface area contributed by atoms with Crippen LogP contribution in [0.15, 0.2) is 24.3 Å². The number of rotatable bonds is 3. The lowest BCUT2D eigenvalue weighted by atomic mass is 10.2. The molecule has 0 aliphatic carbocycles. The summed E-state index contributed by atoms with van der Waals surface area (Å²) in [6.07, 6.45) is 0. The average molecular weight is 297 g/mol. The molecule has 19 heavy (non-hydrogen) atoms. The van der Waals surface area contributed by atoms with Crippen LogP contribution < -0.4 is 4.74 Å². The van der Waals surface area contributed by atoms with Crippen molar-refractivity contribution in [3.05, 3.63) is 45.8 Å².